The topological polar surface area (TPSA) is 40.5 Å². The van der Waals surface area contributed by atoms with Gasteiger partial charge in [-0.3, -0.25) is 0 Å². The number of rotatable bonds is 4. The molecule has 1 aromatic carbocycles. The molecule has 0 saturated heterocycles. The first-order valence-electron chi connectivity index (χ1n) is 13.0. The van der Waals surface area contributed by atoms with Gasteiger partial charge in [-0.25, -0.2) is 4.39 Å². The fraction of sp³-hybridized carbons (Fsp3) is 0.724. The molecule has 9 atom stereocenters. The van der Waals surface area contributed by atoms with Gasteiger partial charge in [-0.05, 0) is 116 Å². The van der Waals surface area contributed by atoms with Crippen molar-refractivity contribution in [3.63, 3.8) is 0 Å². The van der Waals surface area contributed by atoms with Crippen LogP contribution < -0.4 is 0 Å². The maximum absolute atomic E-state index is 13.3. The highest BCUT2D eigenvalue weighted by Crippen LogP contribution is 2.67. The summed E-state index contributed by atoms with van der Waals surface area (Å²) < 4.78 is 13.3. The van der Waals surface area contributed by atoms with Crippen molar-refractivity contribution >= 4 is 0 Å². The summed E-state index contributed by atoms with van der Waals surface area (Å²) in [7, 11) is 0. The minimum Gasteiger partial charge on any atom is -0.393 e. The number of hydrogen-bond donors (Lipinski definition) is 2. The van der Waals surface area contributed by atoms with Crippen molar-refractivity contribution in [3.05, 3.63) is 47.3 Å². The van der Waals surface area contributed by atoms with Crippen LogP contribution in [0.25, 0.3) is 0 Å². The lowest BCUT2D eigenvalue weighted by Gasteiger charge is -2.58. The van der Waals surface area contributed by atoms with Crippen LogP contribution in [0.2, 0.25) is 0 Å². The van der Waals surface area contributed by atoms with Gasteiger partial charge in [0.15, 0.2) is 0 Å². The Morgan fingerprint density at radius 2 is 1.78 bits per heavy atom. The maximum atomic E-state index is 13.3. The average molecular weight is 441 g/mol. The Hall–Kier alpha value is -1.19. The molecule has 3 heteroatoms. The Bertz CT molecular complexity index is 862. The Morgan fingerprint density at radius 1 is 1.03 bits per heavy atom. The molecule has 8 unspecified atom stereocenters. The lowest BCUT2D eigenvalue weighted by atomic mass is 9.47. The maximum Gasteiger partial charge on any atom is 0.123 e. The lowest BCUT2D eigenvalue weighted by Crippen LogP contribution is -2.51. The number of aliphatic hydroxyl groups excluding tert-OH is 2. The summed E-state index contributed by atoms with van der Waals surface area (Å²) in [5.41, 5.74) is 3.15. The summed E-state index contributed by atoms with van der Waals surface area (Å²) in [5, 5.41) is 21.4. The first-order valence-corrected chi connectivity index (χ1v) is 13.0. The Labute approximate surface area is 193 Å². The highest BCUT2D eigenvalue weighted by atomic mass is 19.1. The molecular weight excluding hydrogens is 399 g/mol. The number of benzene rings is 1. The van der Waals surface area contributed by atoms with Crippen molar-refractivity contribution in [1.82, 2.24) is 0 Å². The third kappa shape index (κ3) is 3.59. The molecule has 2 nitrogen and oxygen atoms in total. The van der Waals surface area contributed by atoms with E-state index in [1.807, 2.05) is 12.1 Å². The zero-order valence-corrected chi connectivity index (χ0v) is 20.1. The van der Waals surface area contributed by atoms with E-state index >= 15 is 0 Å². The van der Waals surface area contributed by atoms with E-state index in [-0.39, 0.29) is 29.4 Å². The minimum absolute atomic E-state index is 0.140. The number of aliphatic hydroxyl groups is 2. The summed E-state index contributed by atoms with van der Waals surface area (Å²) in [5.74, 6) is 2.84. The van der Waals surface area contributed by atoms with E-state index in [0.717, 1.165) is 42.6 Å². The van der Waals surface area contributed by atoms with Crippen molar-refractivity contribution in [1.29, 1.82) is 0 Å². The van der Waals surface area contributed by atoms with Crippen LogP contribution in [-0.4, -0.2) is 22.4 Å². The molecule has 4 aliphatic carbocycles. The average Bonchev–Trinajstić information content (AvgIpc) is 3.12. The third-order valence-corrected chi connectivity index (χ3v) is 10.8. The smallest absolute Gasteiger partial charge is 0.123 e. The summed E-state index contributed by atoms with van der Waals surface area (Å²) in [6.45, 7) is 7.27. The molecule has 0 heterocycles. The minimum atomic E-state index is -0.381. The molecule has 0 spiro atoms. The molecule has 0 aliphatic heterocycles. The second kappa shape index (κ2) is 8.24. The van der Waals surface area contributed by atoms with Crippen LogP contribution in [0.1, 0.15) is 77.7 Å². The highest BCUT2D eigenvalue weighted by molar-refractivity contribution is 5.25. The van der Waals surface area contributed by atoms with Gasteiger partial charge in [0.2, 0.25) is 0 Å². The largest absolute Gasteiger partial charge is 0.393 e. The van der Waals surface area contributed by atoms with Gasteiger partial charge < -0.3 is 10.2 Å². The van der Waals surface area contributed by atoms with E-state index in [1.54, 1.807) is 5.57 Å². The second-order valence-electron chi connectivity index (χ2n) is 12.1. The van der Waals surface area contributed by atoms with Crippen molar-refractivity contribution < 1.29 is 14.6 Å². The van der Waals surface area contributed by atoms with E-state index < -0.39 is 0 Å². The number of allylic oxidation sites excluding steroid dienone is 1. The zero-order valence-electron chi connectivity index (χ0n) is 20.1. The lowest BCUT2D eigenvalue weighted by molar-refractivity contribution is -0.0671. The van der Waals surface area contributed by atoms with Crippen molar-refractivity contribution in [3.8, 4) is 0 Å². The first-order chi connectivity index (χ1) is 15.2. The molecule has 3 fully saturated rings. The molecule has 0 aromatic heterocycles. The van der Waals surface area contributed by atoms with Crippen LogP contribution in [0.15, 0.2) is 35.9 Å². The zero-order chi connectivity index (χ0) is 22.7. The van der Waals surface area contributed by atoms with Gasteiger partial charge in [0.05, 0.1) is 12.2 Å². The van der Waals surface area contributed by atoms with Crippen molar-refractivity contribution in [2.24, 2.45) is 40.4 Å². The van der Waals surface area contributed by atoms with Crippen LogP contribution in [0.5, 0.6) is 0 Å². The van der Waals surface area contributed by atoms with Gasteiger partial charge in [0.1, 0.15) is 5.82 Å². The summed E-state index contributed by atoms with van der Waals surface area (Å²) in [4.78, 5) is 0. The van der Waals surface area contributed by atoms with Gasteiger partial charge in [-0.1, -0.05) is 44.6 Å². The number of halogens is 1. The summed E-state index contributed by atoms with van der Waals surface area (Å²) in [6, 6.07) is 6.61. The van der Waals surface area contributed by atoms with E-state index in [9.17, 15) is 14.6 Å². The molecule has 176 valence electrons. The molecule has 1 aromatic rings. The molecule has 4 aliphatic rings. The van der Waals surface area contributed by atoms with Gasteiger partial charge in [-0.15, -0.1) is 0 Å². The number of hydrogen-bond acceptors (Lipinski definition) is 2. The van der Waals surface area contributed by atoms with Gasteiger partial charge >= 0.3 is 0 Å². The van der Waals surface area contributed by atoms with Crippen molar-refractivity contribution in [2.45, 2.75) is 90.8 Å². The molecule has 5 rings (SSSR count). The van der Waals surface area contributed by atoms with Crippen LogP contribution in [0, 0.1) is 46.2 Å². The monoisotopic (exact) mass is 440 g/mol. The predicted octanol–water partition coefficient (Wildman–Crippen LogP) is 6.31. The van der Waals surface area contributed by atoms with Crippen LogP contribution in [0.3, 0.4) is 0 Å². The fourth-order valence-corrected chi connectivity index (χ4v) is 8.86. The quantitative estimate of drug-likeness (QED) is 0.539. The second-order valence-corrected chi connectivity index (χ2v) is 12.1. The highest BCUT2D eigenvalue weighted by Gasteiger charge is 2.59. The molecule has 0 amide bonds. The van der Waals surface area contributed by atoms with Gasteiger partial charge in [0.25, 0.3) is 0 Å². The molecule has 0 radical (unpaired) electrons. The number of fused-ring (bicyclic) bond motifs is 5. The van der Waals surface area contributed by atoms with E-state index in [4.69, 9.17) is 0 Å². The van der Waals surface area contributed by atoms with Gasteiger partial charge in [0, 0.05) is 0 Å². The Morgan fingerprint density at radius 3 is 2.53 bits per heavy atom. The van der Waals surface area contributed by atoms with E-state index in [2.05, 4.69) is 26.8 Å². The van der Waals surface area contributed by atoms with E-state index in [0.29, 0.717) is 17.8 Å². The fourth-order valence-electron chi connectivity index (χ4n) is 8.86. The van der Waals surface area contributed by atoms with Crippen molar-refractivity contribution in [2.75, 3.05) is 0 Å². The van der Waals surface area contributed by atoms with Crippen LogP contribution >= 0.6 is 0 Å². The standard InChI is InChI=1S/C29H41FO2/c1-18(27(32)16-19-4-7-21(30)8-5-19)24-10-11-25-23-9-6-20-17-22(31)12-14-28(20,2)26(23)13-15-29(24,25)3/h4-8,18,22-27,31-32H,9-17H2,1-3H3/t18?,22-,23?,24?,25?,26?,27?,28?,29?/m0/s1. The molecule has 32 heavy (non-hydrogen) atoms. The third-order valence-electron chi connectivity index (χ3n) is 10.8. The predicted molar refractivity (Wildman–Crippen MR) is 126 cm³/mol. The van der Waals surface area contributed by atoms with E-state index in [1.165, 1.54) is 44.2 Å². The Balaban J connectivity index is 1.33. The molecule has 0 bridgehead atoms. The summed E-state index contributed by atoms with van der Waals surface area (Å²) >= 11 is 0. The SMILES string of the molecule is CC(C(O)Cc1ccc(F)cc1)C1CCC2C3CC=C4C[C@@H](O)CCC4(C)C3CCC12C. The van der Waals surface area contributed by atoms with Crippen LogP contribution in [0.4, 0.5) is 4.39 Å². The first kappa shape index (κ1) is 22.6. The Kier molecular flexibility index (Phi) is 5.82. The van der Waals surface area contributed by atoms with Gasteiger partial charge in [-0.2, -0.15) is 0 Å². The molecule has 2 N–H and O–H groups in total. The van der Waals surface area contributed by atoms with Crippen LogP contribution in [-0.2, 0) is 6.42 Å². The molecular formula is C29H41FO2. The summed E-state index contributed by atoms with van der Waals surface area (Å²) in [6.07, 6.45) is 11.8. The molecule has 3 saturated carbocycles. The normalized spacial score (nSPS) is 42.9.